The second-order valence-electron chi connectivity index (χ2n) is 11.9. The number of aryl methyl sites for hydroxylation is 2. The molecule has 0 saturated carbocycles. The van der Waals surface area contributed by atoms with Gasteiger partial charge in [0.15, 0.2) is 29.0 Å². The Morgan fingerprint density at radius 1 is 1.07 bits per heavy atom. The molecule has 5 rings (SSSR count). The molecule has 0 aromatic heterocycles. The predicted octanol–water partition coefficient (Wildman–Crippen LogP) is 3.58. The number of carbonyl (C=O) groups excluding carboxylic acids is 1. The lowest BCUT2D eigenvalue weighted by atomic mass is 9.79. The van der Waals surface area contributed by atoms with Crippen LogP contribution in [0.4, 0.5) is 0 Å². The van der Waals surface area contributed by atoms with Gasteiger partial charge in [0.1, 0.15) is 5.78 Å². The number of ether oxygens (including phenoxy) is 2. The molecule has 9 heteroatoms. The third-order valence-corrected chi connectivity index (χ3v) is 8.76. The molecule has 2 bridgehead atoms. The van der Waals surface area contributed by atoms with Crippen LogP contribution in [0.15, 0.2) is 53.5 Å². The molecule has 3 atom stereocenters. The minimum absolute atomic E-state index is 0.0391. The van der Waals surface area contributed by atoms with Crippen molar-refractivity contribution in [2.75, 3.05) is 20.3 Å². The number of phenols is 2. The summed E-state index contributed by atoms with van der Waals surface area (Å²) in [6.45, 7) is 0.824. The number of aliphatic hydroxyl groups is 1. The average Bonchev–Trinajstić information content (AvgIpc) is 3.03. The number of nitrogens with zero attached hydrogens (tertiary/aromatic N) is 1. The van der Waals surface area contributed by atoms with E-state index < -0.39 is 6.10 Å². The number of benzene rings is 3. The van der Waals surface area contributed by atoms with E-state index in [1.54, 1.807) is 6.07 Å². The number of phenolic OH excluding ortho intramolecular Hbond substituents is 2. The summed E-state index contributed by atoms with van der Waals surface area (Å²) < 4.78 is 11.8. The number of aromatic hydroxyl groups is 2. The van der Waals surface area contributed by atoms with Crippen molar-refractivity contribution in [1.82, 2.24) is 0 Å². The molecule has 1 aliphatic carbocycles. The van der Waals surface area contributed by atoms with Crippen molar-refractivity contribution in [3.05, 3.63) is 81.9 Å². The smallest absolute Gasteiger partial charge is 0.185 e. The van der Waals surface area contributed by atoms with Crippen LogP contribution in [-0.2, 0) is 36.9 Å². The largest absolute Gasteiger partial charge is 0.504 e. The van der Waals surface area contributed by atoms with Crippen LogP contribution < -0.4 is 20.9 Å². The Morgan fingerprint density at radius 3 is 2.62 bits per heavy atom. The van der Waals surface area contributed by atoms with Crippen molar-refractivity contribution in [2.45, 2.75) is 57.5 Å². The lowest BCUT2D eigenvalue weighted by Crippen LogP contribution is -2.33. The fraction of sp³-hybridized carbons (Fsp3) is 0.389. The molecule has 0 fully saturated rings. The monoisotopic (exact) mass is 611 g/mol. The Kier molecular flexibility index (Phi) is 10.2. The number of rotatable bonds is 6. The van der Waals surface area contributed by atoms with Crippen LogP contribution in [-0.4, -0.2) is 53.4 Å². The molecule has 3 aromatic rings. The number of fused-ring (bicyclic) bond motifs is 5. The van der Waals surface area contributed by atoms with Gasteiger partial charge in [-0.25, -0.2) is 0 Å². The Labute approximate surface area is 263 Å². The fourth-order valence-electron chi connectivity index (χ4n) is 6.33. The summed E-state index contributed by atoms with van der Waals surface area (Å²) in [5.74, 6) is 7.09. The number of carbonyl (C=O) groups is 1. The summed E-state index contributed by atoms with van der Waals surface area (Å²) >= 11 is 0. The van der Waals surface area contributed by atoms with Crippen LogP contribution in [0.5, 0.6) is 23.0 Å². The lowest BCUT2D eigenvalue weighted by molar-refractivity contribution is -0.121. The minimum atomic E-state index is -0.811. The summed E-state index contributed by atoms with van der Waals surface area (Å²) in [6.07, 6.45) is 2.38. The maximum atomic E-state index is 12.8. The van der Waals surface area contributed by atoms with Crippen molar-refractivity contribution in [3.8, 4) is 34.8 Å². The number of ketones is 1. The van der Waals surface area contributed by atoms with Gasteiger partial charge in [-0.1, -0.05) is 54.3 Å². The number of aliphatic hydroxyl groups excluding tert-OH is 1. The Bertz CT molecular complexity index is 1620. The maximum Gasteiger partial charge on any atom is 0.185 e. The second kappa shape index (κ2) is 14.4. The van der Waals surface area contributed by atoms with Gasteiger partial charge in [0.25, 0.3) is 0 Å². The Hall–Kier alpha value is -4.68. The second-order valence-corrected chi connectivity index (χ2v) is 11.9. The van der Waals surface area contributed by atoms with Gasteiger partial charge < -0.3 is 36.3 Å². The first-order valence-electron chi connectivity index (χ1n) is 15.4. The Morgan fingerprint density at radius 2 is 1.87 bits per heavy atom. The highest BCUT2D eigenvalue weighted by Crippen LogP contribution is 2.43. The summed E-state index contributed by atoms with van der Waals surface area (Å²) in [6, 6.07) is 15.4. The molecule has 0 saturated heterocycles. The molecule has 9 nitrogen and oxygen atoms in total. The van der Waals surface area contributed by atoms with E-state index in [2.05, 4.69) is 29.0 Å². The first-order valence-corrected chi connectivity index (χ1v) is 15.4. The van der Waals surface area contributed by atoms with Gasteiger partial charge in [-0.3, -0.25) is 9.79 Å². The van der Waals surface area contributed by atoms with E-state index in [0.29, 0.717) is 55.7 Å². The van der Waals surface area contributed by atoms with Crippen LogP contribution in [0, 0.1) is 23.7 Å². The average molecular weight is 612 g/mol. The highest BCUT2D eigenvalue weighted by atomic mass is 16.5. The quantitative estimate of drug-likeness (QED) is 0.161. The fourth-order valence-corrected chi connectivity index (χ4v) is 6.33. The van der Waals surface area contributed by atoms with Gasteiger partial charge in [0.05, 0.1) is 25.4 Å². The third-order valence-electron chi connectivity index (χ3n) is 8.76. The highest BCUT2D eigenvalue weighted by molar-refractivity contribution is 5.79. The molecule has 0 unspecified atom stereocenters. The number of methoxy groups -OCH3 is 1. The van der Waals surface area contributed by atoms with E-state index in [1.807, 2.05) is 24.3 Å². The zero-order valence-corrected chi connectivity index (χ0v) is 25.6. The Balaban J connectivity index is 1.51. The number of guanidine groups is 1. The van der Waals surface area contributed by atoms with Gasteiger partial charge in [-0.15, -0.1) is 0 Å². The number of hydrogen-bond donors (Lipinski definition) is 5. The number of nitrogens with two attached hydrogens (primary N) is 2. The van der Waals surface area contributed by atoms with Gasteiger partial charge in [-0.05, 0) is 60.8 Å². The molecule has 2 aliphatic rings. The summed E-state index contributed by atoms with van der Waals surface area (Å²) in [4.78, 5) is 17.2. The number of Topliss-reactive ketones (excluding diaryl/α,β-unsaturated/α-hetero) is 1. The molecular formula is C36H41N3O6. The molecule has 0 amide bonds. The van der Waals surface area contributed by atoms with Gasteiger partial charge >= 0.3 is 0 Å². The zero-order valence-electron chi connectivity index (χ0n) is 25.6. The normalized spacial score (nSPS) is 18.8. The van der Waals surface area contributed by atoms with Gasteiger partial charge in [0.2, 0.25) is 0 Å². The van der Waals surface area contributed by atoms with Crippen LogP contribution in [0.1, 0.15) is 52.6 Å². The van der Waals surface area contributed by atoms with E-state index in [4.69, 9.17) is 20.9 Å². The summed E-state index contributed by atoms with van der Waals surface area (Å²) in [5.41, 5.74) is 16.3. The van der Waals surface area contributed by atoms with Crippen LogP contribution in [0.3, 0.4) is 0 Å². The minimum Gasteiger partial charge on any atom is -0.504 e. The van der Waals surface area contributed by atoms with Crippen molar-refractivity contribution in [1.29, 1.82) is 0 Å². The molecule has 1 aliphatic heterocycles. The molecule has 0 spiro atoms. The highest BCUT2D eigenvalue weighted by Gasteiger charge is 2.32. The summed E-state index contributed by atoms with van der Waals surface area (Å²) in [5, 5.41) is 32.6. The topological polar surface area (TPSA) is 161 Å². The zero-order chi connectivity index (χ0) is 31.9. The molecule has 7 N–H and O–H groups in total. The van der Waals surface area contributed by atoms with E-state index in [-0.39, 0.29) is 60.1 Å². The van der Waals surface area contributed by atoms with Gasteiger partial charge in [-0.2, -0.15) is 0 Å². The van der Waals surface area contributed by atoms with E-state index in [1.165, 1.54) is 18.7 Å². The van der Waals surface area contributed by atoms with Crippen molar-refractivity contribution in [2.24, 2.45) is 28.3 Å². The number of aliphatic imine (C=N–C) groups is 1. The van der Waals surface area contributed by atoms with E-state index in [9.17, 15) is 20.1 Å². The van der Waals surface area contributed by atoms with Crippen molar-refractivity contribution >= 4 is 11.7 Å². The standard InChI is InChI=1S/C36H41N3O6/c1-44-34-30-9-5-8-25-17-24(11-14-29(41)19-28(40)13-10-23(30)12-15-32(34)42)31-18-27(21-45-35(31)33(25)43)26(20-39-36(37)38)16-22-6-3-2-4-7-22/h2-4,6-7,12,15,17,26-27,29,41-43H,8,10-11,13-14,16,18-21H2,1H3,(H4,37,38,39)/t26-,27+,29+/m0/s1. The van der Waals surface area contributed by atoms with Crippen LogP contribution in [0.2, 0.25) is 0 Å². The molecule has 236 valence electrons. The molecule has 1 heterocycles. The number of hydrogen-bond acceptors (Lipinski definition) is 7. The predicted molar refractivity (Wildman–Crippen MR) is 173 cm³/mol. The first-order chi connectivity index (χ1) is 21.7. The SMILES string of the molecule is COc1c(O)ccc2c1C#CCc1cc(c3c(c1O)OC[C@H]([C@H](CN=C(N)N)Cc1ccccc1)C3)CC[C@@H](O)CC(=O)CC2. The lowest BCUT2D eigenvalue weighted by Gasteiger charge is -2.33. The van der Waals surface area contributed by atoms with Crippen molar-refractivity contribution < 1.29 is 29.6 Å². The van der Waals surface area contributed by atoms with Gasteiger partial charge in [0, 0.05) is 42.9 Å². The maximum absolute atomic E-state index is 12.8. The summed E-state index contributed by atoms with van der Waals surface area (Å²) in [7, 11) is 1.46. The van der Waals surface area contributed by atoms with Crippen LogP contribution in [0.25, 0.3) is 0 Å². The third kappa shape index (κ3) is 7.70. The van der Waals surface area contributed by atoms with E-state index in [0.717, 1.165) is 23.1 Å². The molecular weight excluding hydrogens is 570 g/mol. The molecule has 3 aromatic carbocycles. The molecule has 0 radical (unpaired) electrons. The van der Waals surface area contributed by atoms with Crippen molar-refractivity contribution in [3.63, 3.8) is 0 Å². The first kappa shape index (κ1) is 31.7. The van der Waals surface area contributed by atoms with E-state index >= 15 is 0 Å². The van der Waals surface area contributed by atoms with Crippen LogP contribution >= 0.6 is 0 Å². The molecule has 45 heavy (non-hydrogen) atoms.